The lowest BCUT2D eigenvalue weighted by molar-refractivity contribution is -0.123. The van der Waals surface area contributed by atoms with Crippen LogP contribution in [-0.4, -0.2) is 62.4 Å². The highest BCUT2D eigenvalue weighted by Gasteiger charge is 2.07. The third kappa shape index (κ3) is 18.6. The summed E-state index contributed by atoms with van der Waals surface area (Å²) in [5.41, 5.74) is 0. The first kappa shape index (κ1) is 26.5. The summed E-state index contributed by atoms with van der Waals surface area (Å²) in [5.74, 6) is -0.310. The molecule has 29 heavy (non-hydrogen) atoms. The van der Waals surface area contributed by atoms with Crippen LogP contribution in [0.2, 0.25) is 0 Å². The van der Waals surface area contributed by atoms with Gasteiger partial charge in [0.2, 0.25) is 11.8 Å². The molecule has 4 amide bonds. The van der Waals surface area contributed by atoms with Gasteiger partial charge < -0.3 is 30.7 Å². The predicted octanol–water partition coefficient (Wildman–Crippen LogP) is 1.44. The number of carbonyl (C=O) groups excluding carboxylic acids is 4. The molecule has 0 atom stereocenters. The lowest BCUT2D eigenvalue weighted by Crippen LogP contribution is -2.32. The molecule has 0 fully saturated rings. The molecule has 0 unspecified atom stereocenters. The molecule has 0 aliphatic carbocycles. The van der Waals surface area contributed by atoms with E-state index in [1.54, 1.807) is 0 Å². The molecule has 168 valence electrons. The van der Waals surface area contributed by atoms with Crippen molar-refractivity contribution in [1.82, 2.24) is 21.3 Å². The summed E-state index contributed by atoms with van der Waals surface area (Å²) in [6.45, 7) is 8.42. The third-order valence-electron chi connectivity index (χ3n) is 3.42. The zero-order valence-electron chi connectivity index (χ0n) is 18.0. The van der Waals surface area contributed by atoms with Crippen LogP contribution in [0.4, 0.5) is 9.59 Å². The molecule has 0 radical (unpaired) electrons. The van der Waals surface area contributed by atoms with Crippen molar-refractivity contribution in [3.8, 4) is 0 Å². The van der Waals surface area contributed by atoms with Crippen LogP contribution in [-0.2, 0) is 19.1 Å². The summed E-state index contributed by atoms with van der Waals surface area (Å²) in [4.78, 5) is 45.7. The number of hydrogen-bond acceptors (Lipinski definition) is 6. The van der Waals surface area contributed by atoms with E-state index < -0.39 is 12.2 Å². The van der Waals surface area contributed by atoms with Gasteiger partial charge in [0.05, 0.1) is 12.8 Å². The maximum absolute atomic E-state index is 11.5. The molecular weight excluding hydrogens is 380 g/mol. The van der Waals surface area contributed by atoms with Gasteiger partial charge in [0, 0.05) is 25.2 Å². The van der Waals surface area contributed by atoms with Crippen molar-refractivity contribution in [2.45, 2.75) is 71.9 Å². The van der Waals surface area contributed by atoms with Gasteiger partial charge in [0.15, 0.2) is 0 Å². The van der Waals surface area contributed by atoms with Gasteiger partial charge in [-0.05, 0) is 47.0 Å². The molecule has 10 heteroatoms. The van der Waals surface area contributed by atoms with E-state index in [4.69, 9.17) is 9.47 Å². The Kier molecular flexibility index (Phi) is 15.0. The highest BCUT2D eigenvalue weighted by Crippen LogP contribution is 1.94. The SMILES string of the molecule is CC(C)NC(=O)CCOC(=O)NCCCCCNC(=O)OCCC(=O)NC(C)C. The first-order chi connectivity index (χ1) is 13.7. The molecule has 0 spiro atoms. The van der Waals surface area contributed by atoms with Gasteiger partial charge in [-0.1, -0.05) is 0 Å². The molecule has 0 aromatic carbocycles. The smallest absolute Gasteiger partial charge is 0.407 e. The first-order valence-corrected chi connectivity index (χ1v) is 10.1. The summed E-state index contributed by atoms with van der Waals surface area (Å²) in [6, 6.07) is 0.118. The summed E-state index contributed by atoms with van der Waals surface area (Å²) in [6.07, 6.45) is 1.43. The number of ether oxygens (including phenoxy) is 2. The Balaban J connectivity index is 3.49. The average Bonchev–Trinajstić information content (AvgIpc) is 2.59. The fourth-order valence-corrected chi connectivity index (χ4v) is 2.17. The van der Waals surface area contributed by atoms with Crippen LogP contribution in [0.3, 0.4) is 0 Å². The standard InChI is InChI=1S/C19H36N4O6/c1-14(2)22-16(24)8-12-28-18(26)20-10-6-5-7-11-21-19(27)29-13-9-17(25)23-15(3)4/h14-15H,5-13H2,1-4H3,(H,20,26)(H,21,27)(H,22,24)(H,23,25). The van der Waals surface area contributed by atoms with E-state index in [9.17, 15) is 19.2 Å². The van der Waals surface area contributed by atoms with Crippen molar-refractivity contribution in [1.29, 1.82) is 0 Å². The zero-order chi connectivity index (χ0) is 22.1. The third-order valence-corrected chi connectivity index (χ3v) is 3.42. The quantitative estimate of drug-likeness (QED) is 0.317. The molecule has 0 saturated carbocycles. The molecule has 0 aliphatic heterocycles. The van der Waals surface area contributed by atoms with Gasteiger partial charge in [-0.3, -0.25) is 9.59 Å². The van der Waals surface area contributed by atoms with E-state index in [0.29, 0.717) is 13.1 Å². The lowest BCUT2D eigenvalue weighted by Gasteiger charge is -2.10. The van der Waals surface area contributed by atoms with Crippen LogP contribution in [0.15, 0.2) is 0 Å². The Hall–Kier alpha value is -2.52. The molecule has 0 aromatic heterocycles. The van der Waals surface area contributed by atoms with Crippen molar-refractivity contribution in [3.63, 3.8) is 0 Å². The Morgan fingerprint density at radius 2 is 1.03 bits per heavy atom. The molecule has 0 heterocycles. The van der Waals surface area contributed by atoms with E-state index in [0.717, 1.165) is 19.3 Å². The van der Waals surface area contributed by atoms with Crippen molar-refractivity contribution in [2.24, 2.45) is 0 Å². The minimum Gasteiger partial charge on any atom is -0.449 e. The van der Waals surface area contributed by atoms with E-state index in [-0.39, 0.29) is 50.0 Å². The lowest BCUT2D eigenvalue weighted by atomic mass is 10.2. The molecule has 4 N–H and O–H groups in total. The van der Waals surface area contributed by atoms with Crippen molar-refractivity contribution >= 4 is 24.0 Å². The molecule has 10 nitrogen and oxygen atoms in total. The average molecular weight is 417 g/mol. The molecule has 0 bridgehead atoms. The number of alkyl carbamates (subject to hydrolysis) is 2. The number of carbonyl (C=O) groups is 4. The van der Waals surface area contributed by atoms with Crippen LogP contribution in [0, 0.1) is 0 Å². The topological polar surface area (TPSA) is 135 Å². The number of hydrogen-bond donors (Lipinski definition) is 4. The molecule has 0 aliphatic rings. The van der Waals surface area contributed by atoms with Crippen LogP contribution in [0.5, 0.6) is 0 Å². The molecule has 0 rings (SSSR count). The van der Waals surface area contributed by atoms with Gasteiger partial charge in [0.25, 0.3) is 0 Å². The second-order valence-electron chi connectivity index (χ2n) is 7.13. The van der Waals surface area contributed by atoms with Crippen molar-refractivity contribution in [2.75, 3.05) is 26.3 Å². The van der Waals surface area contributed by atoms with Crippen LogP contribution < -0.4 is 21.3 Å². The van der Waals surface area contributed by atoms with E-state index in [1.165, 1.54) is 0 Å². The number of unbranched alkanes of at least 4 members (excludes halogenated alkanes) is 2. The number of nitrogens with one attached hydrogen (secondary N) is 4. The maximum Gasteiger partial charge on any atom is 0.407 e. The molecule has 0 saturated heterocycles. The second-order valence-corrected chi connectivity index (χ2v) is 7.13. The van der Waals surface area contributed by atoms with E-state index in [1.807, 2.05) is 27.7 Å². The number of amides is 4. The van der Waals surface area contributed by atoms with Crippen LogP contribution in [0.25, 0.3) is 0 Å². The summed E-state index contributed by atoms with van der Waals surface area (Å²) >= 11 is 0. The highest BCUT2D eigenvalue weighted by molar-refractivity contribution is 5.77. The Bertz CT molecular complexity index is 467. The normalized spacial score (nSPS) is 10.4. The fraction of sp³-hybridized carbons (Fsp3) is 0.789. The second kappa shape index (κ2) is 16.4. The summed E-state index contributed by atoms with van der Waals surface area (Å²) in [7, 11) is 0. The largest absolute Gasteiger partial charge is 0.449 e. The minimum absolute atomic E-state index is 0.0373. The molecule has 0 aromatic rings. The van der Waals surface area contributed by atoms with E-state index in [2.05, 4.69) is 21.3 Å². The maximum atomic E-state index is 11.5. The first-order valence-electron chi connectivity index (χ1n) is 10.1. The Morgan fingerprint density at radius 1 is 0.655 bits per heavy atom. The Labute approximate surface area is 172 Å². The minimum atomic E-state index is -0.550. The van der Waals surface area contributed by atoms with Crippen molar-refractivity contribution < 1.29 is 28.7 Å². The highest BCUT2D eigenvalue weighted by atomic mass is 16.6. The predicted molar refractivity (Wildman–Crippen MR) is 108 cm³/mol. The van der Waals surface area contributed by atoms with Gasteiger partial charge in [-0.2, -0.15) is 0 Å². The van der Waals surface area contributed by atoms with Crippen molar-refractivity contribution in [3.05, 3.63) is 0 Å². The van der Waals surface area contributed by atoms with Crippen LogP contribution in [0.1, 0.15) is 59.8 Å². The van der Waals surface area contributed by atoms with Gasteiger partial charge in [-0.25, -0.2) is 9.59 Å². The number of rotatable bonds is 14. The fourth-order valence-electron chi connectivity index (χ4n) is 2.17. The van der Waals surface area contributed by atoms with Gasteiger partial charge >= 0.3 is 12.2 Å². The van der Waals surface area contributed by atoms with Gasteiger partial charge in [-0.15, -0.1) is 0 Å². The van der Waals surface area contributed by atoms with E-state index >= 15 is 0 Å². The van der Waals surface area contributed by atoms with Gasteiger partial charge in [0.1, 0.15) is 13.2 Å². The Morgan fingerprint density at radius 3 is 1.38 bits per heavy atom. The zero-order valence-corrected chi connectivity index (χ0v) is 18.0. The monoisotopic (exact) mass is 416 g/mol. The van der Waals surface area contributed by atoms with Crippen LogP contribution >= 0.6 is 0 Å². The summed E-state index contributed by atoms with van der Waals surface area (Å²) < 4.78 is 9.83. The molecular formula is C19H36N4O6. The summed E-state index contributed by atoms with van der Waals surface area (Å²) in [5, 5.41) is 10.6.